The predicted molar refractivity (Wildman–Crippen MR) is 114 cm³/mol. The lowest BCUT2D eigenvalue weighted by Gasteiger charge is -2.19. The van der Waals surface area contributed by atoms with Crippen LogP contribution in [0.4, 0.5) is 5.69 Å². The average molecular weight is 409 g/mol. The van der Waals surface area contributed by atoms with Crippen LogP contribution in [-0.4, -0.2) is 31.4 Å². The fourth-order valence-corrected chi connectivity index (χ4v) is 3.38. The zero-order valence-corrected chi connectivity index (χ0v) is 17.7. The van der Waals surface area contributed by atoms with Crippen molar-refractivity contribution < 1.29 is 19.1 Å². The lowest BCUT2D eigenvalue weighted by atomic mass is 9.87. The maximum atomic E-state index is 12.5. The first-order valence-corrected chi connectivity index (χ1v) is 9.85. The van der Waals surface area contributed by atoms with Gasteiger partial charge in [-0.3, -0.25) is 25.2 Å². The number of carbonyl (C=O) groups excluding carboxylic acids is 3. The molecule has 3 amide bonds. The first-order chi connectivity index (χ1) is 14.2. The van der Waals surface area contributed by atoms with E-state index in [1.165, 1.54) is 12.0 Å². The molecule has 0 radical (unpaired) electrons. The van der Waals surface area contributed by atoms with E-state index >= 15 is 0 Å². The molecule has 2 aromatic carbocycles. The Kier molecular flexibility index (Phi) is 6.10. The fourth-order valence-electron chi connectivity index (χ4n) is 3.38. The number of amides is 3. The number of hydrazine groups is 1. The summed E-state index contributed by atoms with van der Waals surface area (Å²) in [6.07, 6.45) is 0.0695. The highest BCUT2D eigenvalue weighted by molar-refractivity contribution is 6.02. The van der Waals surface area contributed by atoms with Gasteiger partial charge < -0.3 is 9.64 Å². The number of rotatable bonds is 4. The van der Waals surface area contributed by atoms with Crippen molar-refractivity contribution in [2.45, 2.75) is 32.6 Å². The molecule has 1 fully saturated rings. The van der Waals surface area contributed by atoms with Gasteiger partial charge in [-0.05, 0) is 35.2 Å². The summed E-state index contributed by atoms with van der Waals surface area (Å²) in [4.78, 5) is 38.8. The minimum atomic E-state index is -0.564. The second-order valence-corrected chi connectivity index (χ2v) is 8.35. The number of anilines is 1. The summed E-state index contributed by atoms with van der Waals surface area (Å²) < 4.78 is 5.31. The number of methoxy groups -OCH3 is 1. The van der Waals surface area contributed by atoms with E-state index in [0.29, 0.717) is 17.0 Å². The Hall–Kier alpha value is -3.35. The number of nitrogens with one attached hydrogen (secondary N) is 2. The zero-order valence-electron chi connectivity index (χ0n) is 17.7. The molecule has 0 bridgehead atoms. The third kappa shape index (κ3) is 4.62. The van der Waals surface area contributed by atoms with E-state index in [1.807, 2.05) is 24.3 Å². The highest BCUT2D eigenvalue weighted by atomic mass is 16.5. The smallest absolute Gasteiger partial charge is 0.269 e. The van der Waals surface area contributed by atoms with Gasteiger partial charge in [-0.2, -0.15) is 0 Å². The van der Waals surface area contributed by atoms with Crippen LogP contribution in [0.2, 0.25) is 0 Å². The zero-order chi connectivity index (χ0) is 21.9. The molecule has 1 unspecified atom stereocenters. The number of benzene rings is 2. The summed E-state index contributed by atoms with van der Waals surface area (Å²) in [6, 6.07) is 14.4. The van der Waals surface area contributed by atoms with Gasteiger partial charge in [0.1, 0.15) is 5.75 Å². The highest BCUT2D eigenvalue weighted by Crippen LogP contribution is 2.32. The van der Waals surface area contributed by atoms with Crippen LogP contribution >= 0.6 is 0 Å². The maximum Gasteiger partial charge on any atom is 0.269 e. The molecule has 0 aromatic heterocycles. The van der Waals surface area contributed by atoms with Crippen molar-refractivity contribution >= 4 is 23.4 Å². The van der Waals surface area contributed by atoms with Gasteiger partial charge in [0.2, 0.25) is 11.8 Å². The third-order valence-corrected chi connectivity index (χ3v) is 5.18. The van der Waals surface area contributed by atoms with E-state index in [2.05, 4.69) is 31.6 Å². The summed E-state index contributed by atoms with van der Waals surface area (Å²) in [7, 11) is 1.53. The van der Waals surface area contributed by atoms with Crippen LogP contribution in [0.5, 0.6) is 5.75 Å². The first kappa shape index (κ1) is 21.4. The largest absolute Gasteiger partial charge is 0.495 e. The molecular formula is C23H27N3O4. The maximum absolute atomic E-state index is 12.5. The molecule has 2 N–H and O–H groups in total. The van der Waals surface area contributed by atoms with Gasteiger partial charge in [-0.1, -0.05) is 45.0 Å². The van der Waals surface area contributed by atoms with Crippen molar-refractivity contribution in [2.75, 3.05) is 18.6 Å². The number of hydrogen-bond acceptors (Lipinski definition) is 4. The van der Waals surface area contributed by atoms with Gasteiger partial charge in [0, 0.05) is 18.5 Å². The molecule has 3 rings (SSSR count). The molecule has 1 atom stereocenters. The lowest BCUT2D eigenvalue weighted by molar-refractivity contribution is -0.126. The van der Waals surface area contributed by atoms with E-state index in [0.717, 1.165) is 5.56 Å². The molecule has 7 heteroatoms. The molecule has 0 saturated carbocycles. The molecule has 30 heavy (non-hydrogen) atoms. The average Bonchev–Trinajstić information content (AvgIpc) is 3.12. The fraction of sp³-hybridized carbons (Fsp3) is 0.348. The van der Waals surface area contributed by atoms with Crippen LogP contribution in [0.25, 0.3) is 0 Å². The molecule has 1 aliphatic rings. The van der Waals surface area contributed by atoms with E-state index < -0.39 is 17.7 Å². The van der Waals surface area contributed by atoms with Crippen molar-refractivity contribution in [1.29, 1.82) is 0 Å². The summed E-state index contributed by atoms with van der Waals surface area (Å²) in [5, 5.41) is 0. The van der Waals surface area contributed by atoms with E-state index in [-0.39, 0.29) is 24.3 Å². The summed E-state index contributed by atoms with van der Waals surface area (Å²) in [5.74, 6) is -0.969. The Balaban J connectivity index is 1.59. The summed E-state index contributed by atoms with van der Waals surface area (Å²) in [5.41, 5.74) is 7.05. The molecule has 2 aromatic rings. The number of ether oxygens (including phenoxy) is 1. The van der Waals surface area contributed by atoms with Crippen molar-refractivity contribution in [3.8, 4) is 5.75 Å². The van der Waals surface area contributed by atoms with Gasteiger partial charge in [0.15, 0.2) is 0 Å². The van der Waals surface area contributed by atoms with Crippen molar-refractivity contribution in [1.82, 2.24) is 10.9 Å². The second kappa shape index (κ2) is 8.57. The van der Waals surface area contributed by atoms with Crippen LogP contribution in [0.1, 0.15) is 43.1 Å². The first-order valence-electron chi connectivity index (χ1n) is 9.85. The van der Waals surface area contributed by atoms with Gasteiger partial charge in [-0.25, -0.2) is 0 Å². The molecule has 1 heterocycles. The number of nitrogens with zero attached hydrogens (tertiary/aromatic N) is 1. The van der Waals surface area contributed by atoms with Crippen LogP contribution < -0.4 is 20.5 Å². The minimum absolute atomic E-state index is 0.00839. The van der Waals surface area contributed by atoms with E-state index in [4.69, 9.17) is 4.74 Å². The summed E-state index contributed by atoms with van der Waals surface area (Å²) >= 11 is 0. The van der Waals surface area contributed by atoms with Crippen LogP contribution in [-0.2, 0) is 15.0 Å². The van der Waals surface area contributed by atoms with Crippen molar-refractivity contribution in [2.24, 2.45) is 5.92 Å². The van der Waals surface area contributed by atoms with Crippen molar-refractivity contribution in [3.05, 3.63) is 59.7 Å². The quantitative estimate of drug-likeness (QED) is 0.760. The van der Waals surface area contributed by atoms with Gasteiger partial charge >= 0.3 is 0 Å². The molecule has 1 saturated heterocycles. The normalized spacial score (nSPS) is 16.3. The minimum Gasteiger partial charge on any atom is -0.495 e. The SMILES string of the molecule is COc1ccccc1N1CC(C(=O)NNC(=O)c2ccc(C(C)(C)C)cc2)CC1=O. The Bertz CT molecular complexity index is 948. The van der Waals surface area contributed by atoms with Crippen LogP contribution in [0, 0.1) is 5.92 Å². The van der Waals surface area contributed by atoms with Gasteiger partial charge in [0.25, 0.3) is 5.91 Å². The molecule has 0 aliphatic carbocycles. The molecular weight excluding hydrogens is 382 g/mol. The predicted octanol–water partition coefficient (Wildman–Crippen LogP) is 2.81. The van der Waals surface area contributed by atoms with E-state index in [9.17, 15) is 14.4 Å². The standard InChI is InChI=1S/C23H27N3O4/c1-23(2,3)17-11-9-15(10-12-17)21(28)24-25-22(29)16-13-20(27)26(14-16)18-7-5-6-8-19(18)30-4/h5-12,16H,13-14H2,1-4H3,(H,24,28)(H,25,29). The van der Waals surface area contributed by atoms with Gasteiger partial charge in [-0.15, -0.1) is 0 Å². The Morgan fingerprint density at radius 3 is 2.33 bits per heavy atom. The Labute approximate surface area is 176 Å². The highest BCUT2D eigenvalue weighted by Gasteiger charge is 2.36. The number of hydrogen-bond donors (Lipinski definition) is 2. The monoisotopic (exact) mass is 409 g/mol. The molecule has 158 valence electrons. The Morgan fingerprint density at radius 2 is 1.70 bits per heavy atom. The van der Waals surface area contributed by atoms with Crippen LogP contribution in [0.3, 0.4) is 0 Å². The van der Waals surface area contributed by atoms with E-state index in [1.54, 1.807) is 24.3 Å². The van der Waals surface area contributed by atoms with Crippen molar-refractivity contribution in [3.63, 3.8) is 0 Å². The topological polar surface area (TPSA) is 87.7 Å². The van der Waals surface area contributed by atoms with Crippen LogP contribution in [0.15, 0.2) is 48.5 Å². The van der Waals surface area contributed by atoms with Gasteiger partial charge in [0.05, 0.1) is 18.7 Å². The third-order valence-electron chi connectivity index (χ3n) is 5.18. The number of para-hydroxylation sites is 2. The second-order valence-electron chi connectivity index (χ2n) is 8.35. The number of carbonyl (C=O) groups is 3. The molecule has 1 aliphatic heterocycles. The Morgan fingerprint density at radius 1 is 1.03 bits per heavy atom. The lowest BCUT2D eigenvalue weighted by Crippen LogP contribution is -2.45. The molecule has 7 nitrogen and oxygen atoms in total. The molecule has 0 spiro atoms. The summed E-state index contributed by atoms with van der Waals surface area (Å²) in [6.45, 7) is 6.51.